The Morgan fingerprint density at radius 3 is 2.33 bits per heavy atom. The molecule has 0 spiro atoms. The molecule has 4 aliphatic rings. The second kappa shape index (κ2) is 6.69. The average molecular weight is 372 g/mol. The maximum Gasteiger partial charge on any atom is 0.161 e. The van der Waals surface area contributed by atoms with Gasteiger partial charge in [0.15, 0.2) is 11.5 Å². The minimum Gasteiger partial charge on any atom is -0.490 e. The van der Waals surface area contributed by atoms with E-state index in [1.54, 1.807) is 0 Å². The van der Waals surface area contributed by atoms with E-state index in [-0.39, 0.29) is 6.10 Å². The van der Waals surface area contributed by atoms with Crippen molar-refractivity contribution in [2.75, 3.05) is 6.61 Å². The Labute approximate surface area is 165 Å². The standard InChI is InChI=1S/C24H37NO2/c1-6-26-21-9-18(7-8-20(21)27-17(2)3)13-25-24-12-19-10-22(4,15-24)14-23(5,11-19)16-24/h7-9,17,19,25H,6,10-16H2,1-5H3. The first-order chi connectivity index (χ1) is 12.7. The van der Waals surface area contributed by atoms with Gasteiger partial charge < -0.3 is 14.8 Å². The third-order valence-electron chi connectivity index (χ3n) is 6.96. The fraction of sp³-hybridized carbons (Fsp3) is 0.750. The second-order valence-corrected chi connectivity index (χ2v) is 10.6. The van der Waals surface area contributed by atoms with Crippen LogP contribution in [0.2, 0.25) is 0 Å². The Balaban J connectivity index is 1.49. The molecule has 4 aliphatic carbocycles. The number of rotatable bonds is 7. The van der Waals surface area contributed by atoms with Crippen LogP contribution in [0.3, 0.4) is 0 Å². The molecule has 150 valence electrons. The zero-order valence-corrected chi connectivity index (χ0v) is 17.9. The predicted molar refractivity (Wildman–Crippen MR) is 110 cm³/mol. The Kier molecular flexibility index (Phi) is 4.73. The topological polar surface area (TPSA) is 30.5 Å². The van der Waals surface area contributed by atoms with Crippen LogP contribution < -0.4 is 14.8 Å². The molecular weight excluding hydrogens is 334 g/mol. The van der Waals surface area contributed by atoms with Crippen LogP contribution >= 0.6 is 0 Å². The van der Waals surface area contributed by atoms with Gasteiger partial charge in [0.2, 0.25) is 0 Å². The number of benzene rings is 1. The molecule has 1 aromatic rings. The van der Waals surface area contributed by atoms with E-state index in [1.165, 1.54) is 44.1 Å². The molecule has 1 N–H and O–H groups in total. The molecule has 1 aromatic carbocycles. The highest BCUT2D eigenvalue weighted by Gasteiger charge is 2.59. The van der Waals surface area contributed by atoms with Gasteiger partial charge in [0.1, 0.15) is 0 Å². The molecule has 4 bridgehead atoms. The van der Waals surface area contributed by atoms with Gasteiger partial charge in [-0.05, 0) is 93.7 Å². The number of hydrogen-bond acceptors (Lipinski definition) is 3. The summed E-state index contributed by atoms with van der Waals surface area (Å²) in [5.41, 5.74) is 2.72. The molecule has 0 radical (unpaired) electrons. The lowest BCUT2D eigenvalue weighted by atomic mass is 9.43. The van der Waals surface area contributed by atoms with E-state index >= 15 is 0 Å². The summed E-state index contributed by atoms with van der Waals surface area (Å²) in [5, 5.41) is 4.03. The van der Waals surface area contributed by atoms with E-state index in [9.17, 15) is 0 Å². The van der Waals surface area contributed by atoms with E-state index in [2.05, 4.69) is 51.2 Å². The lowest BCUT2D eigenvalue weighted by Gasteiger charge is -2.65. The van der Waals surface area contributed by atoms with Crippen molar-refractivity contribution in [3.8, 4) is 11.5 Å². The monoisotopic (exact) mass is 371 g/mol. The minimum atomic E-state index is 0.154. The molecule has 0 amide bonds. The molecule has 0 aromatic heterocycles. The predicted octanol–water partition coefficient (Wildman–Crippen LogP) is 5.71. The molecule has 0 heterocycles. The highest BCUT2D eigenvalue weighted by atomic mass is 16.5. The average Bonchev–Trinajstić information content (AvgIpc) is 2.51. The van der Waals surface area contributed by atoms with E-state index in [1.807, 2.05) is 6.92 Å². The molecule has 4 fully saturated rings. The smallest absolute Gasteiger partial charge is 0.161 e. The number of hydrogen-bond donors (Lipinski definition) is 1. The summed E-state index contributed by atoms with van der Waals surface area (Å²) >= 11 is 0. The Bertz CT molecular complexity index is 680. The summed E-state index contributed by atoms with van der Waals surface area (Å²) in [6, 6.07) is 6.43. The van der Waals surface area contributed by atoms with E-state index < -0.39 is 0 Å². The summed E-state index contributed by atoms with van der Waals surface area (Å²) in [4.78, 5) is 0. The maximum absolute atomic E-state index is 5.91. The lowest BCUT2D eigenvalue weighted by molar-refractivity contribution is -0.118. The third kappa shape index (κ3) is 3.85. The van der Waals surface area contributed by atoms with E-state index in [4.69, 9.17) is 9.47 Å². The van der Waals surface area contributed by atoms with Crippen LogP contribution in [-0.2, 0) is 6.54 Å². The molecule has 27 heavy (non-hydrogen) atoms. The van der Waals surface area contributed by atoms with Gasteiger partial charge in [0.25, 0.3) is 0 Å². The molecule has 3 heteroatoms. The zero-order chi connectivity index (χ0) is 19.3. The van der Waals surface area contributed by atoms with E-state index in [0.29, 0.717) is 23.0 Å². The normalized spacial score (nSPS) is 37.0. The number of nitrogens with one attached hydrogen (secondary N) is 1. The van der Waals surface area contributed by atoms with E-state index in [0.717, 1.165) is 24.0 Å². The van der Waals surface area contributed by atoms with Gasteiger partial charge in [-0.1, -0.05) is 19.9 Å². The van der Waals surface area contributed by atoms with Crippen molar-refractivity contribution in [3.63, 3.8) is 0 Å². The number of ether oxygens (including phenoxy) is 2. The molecule has 0 aliphatic heterocycles. The Morgan fingerprint density at radius 1 is 1.04 bits per heavy atom. The first-order valence-corrected chi connectivity index (χ1v) is 10.9. The van der Waals surface area contributed by atoms with Crippen LogP contribution in [0.15, 0.2) is 18.2 Å². The second-order valence-electron chi connectivity index (χ2n) is 10.6. The van der Waals surface area contributed by atoms with Gasteiger partial charge in [0, 0.05) is 12.1 Å². The lowest BCUT2D eigenvalue weighted by Crippen LogP contribution is -2.63. The maximum atomic E-state index is 5.91. The molecule has 5 rings (SSSR count). The highest BCUT2D eigenvalue weighted by molar-refractivity contribution is 5.43. The Hall–Kier alpha value is -1.22. The summed E-state index contributed by atoms with van der Waals surface area (Å²) in [6.07, 6.45) is 8.53. The van der Waals surface area contributed by atoms with Gasteiger partial charge in [-0.2, -0.15) is 0 Å². The van der Waals surface area contributed by atoms with Crippen molar-refractivity contribution in [1.29, 1.82) is 0 Å². The van der Waals surface area contributed by atoms with Crippen molar-refractivity contribution in [2.45, 2.75) is 91.3 Å². The van der Waals surface area contributed by atoms with Gasteiger partial charge in [0.05, 0.1) is 12.7 Å². The van der Waals surface area contributed by atoms with Crippen LogP contribution in [0.1, 0.15) is 78.7 Å². The van der Waals surface area contributed by atoms with Gasteiger partial charge in [-0.3, -0.25) is 0 Å². The van der Waals surface area contributed by atoms with Crippen LogP contribution in [0.4, 0.5) is 0 Å². The highest BCUT2D eigenvalue weighted by Crippen LogP contribution is 2.66. The first-order valence-electron chi connectivity index (χ1n) is 10.9. The molecule has 2 atom stereocenters. The van der Waals surface area contributed by atoms with Crippen molar-refractivity contribution in [1.82, 2.24) is 5.32 Å². The zero-order valence-electron chi connectivity index (χ0n) is 17.9. The summed E-state index contributed by atoms with van der Waals surface area (Å²) in [7, 11) is 0. The first kappa shape index (κ1) is 19.1. The van der Waals surface area contributed by atoms with Crippen molar-refractivity contribution >= 4 is 0 Å². The van der Waals surface area contributed by atoms with Gasteiger partial charge in [-0.25, -0.2) is 0 Å². The fourth-order valence-electron chi connectivity index (χ4n) is 7.22. The largest absolute Gasteiger partial charge is 0.490 e. The summed E-state index contributed by atoms with van der Waals surface area (Å²) in [6.45, 7) is 12.8. The molecule has 2 unspecified atom stereocenters. The quantitative estimate of drug-likeness (QED) is 0.666. The van der Waals surface area contributed by atoms with Crippen molar-refractivity contribution in [3.05, 3.63) is 23.8 Å². The Morgan fingerprint density at radius 2 is 1.74 bits per heavy atom. The summed E-state index contributed by atoms with van der Waals surface area (Å²) < 4.78 is 11.8. The van der Waals surface area contributed by atoms with Crippen LogP contribution in [0.5, 0.6) is 11.5 Å². The molecular formula is C24H37NO2. The SMILES string of the molecule is CCOc1cc(CNC23CC4CC(C)(CC(C)(C4)C2)C3)ccc1OC(C)C. The van der Waals surface area contributed by atoms with Crippen LogP contribution in [-0.4, -0.2) is 18.2 Å². The molecule has 0 saturated heterocycles. The van der Waals surface area contributed by atoms with Crippen LogP contribution in [0.25, 0.3) is 0 Å². The van der Waals surface area contributed by atoms with Crippen LogP contribution in [0, 0.1) is 16.7 Å². The minimum absolute atomic E-state index is 0.154. The molecule has 3 nitrogen and oxygen atoms in total. The molecule has 4 saturated carbocycles. The summed E-state index contributed by atoms with van der Waals surface area (Å²) in [5.74, 6) is 2.64. The van der Waals surface area contributed by atoms with Gasteiger partial charge >= 0.3 is 0 Å². The fourth-order valence-corrected chi connectivity index (χ4v) is 7.22. The third-order valence-corrected chi connectivity index (χ3v) is 6.96. The van der Waals surface area contributed by atoms with Crippen molar-refractivity contribution < 1.29 is 9.47 Å². The van der Waals surface area contributed by atoms with Gasteiger partial charge in [-0.15, -0.1) is 0 Å². The van der Waals surface area contributed by atoms with Crippen molar-refractivity contribution in [2.24, 2.45) is 16.7 Å².